The molecule has 0 bridgehead atoms. The number of anilines is 1. The fourth-order valence-electron chi connectivity index (χ4n) is 5.46. The zero-order valence-electron chi connectivity index (χ0n) is 22.7. The van der Waals surface area contributed by atoms with Crippen LogP contribution >= 0.6 is 0 Å². The fraction of sp³-hybridized carbons (Fsp3) is 0.273. The molecule has 2 aliphatic rings. The smallest absolute Gasteiger partial charge is 0.274 e. The van der Waals surface area contributed by atoms with Crippen molar-refractivity contribution >= 4 is 17.3 Å². The topological polar surface area (TPSA) is 70.5 Å². The van der Waals surface area contributed by atoms with E-state index in [1.807, 2.05) is 54.6 Å². The van der Waals surface area contributed by atoms with E-state index in [-0.39, 0.29) is 18.9 Å². The molecule has 6 nitrogen and oxygen atoms in total. The molecule has 4 aromatic rings. The number of aromatic nitrogens is 2. The molecule has 2 aromatic heterocycles. The number of hydrogen-bond acceptors (Lipinski definition) is 5. The number of hydrogen-bond donors (Lipinski definition) is 1. The first kappa shape index (κ1) is 26.9. The summed E-state index contributed by atoms with van der Waals surface area (Å²) in [5.41, 5.74) is 7.64. The van der Waals surface area contributed by atoms with E-state index in [0.717, 1.165) is 52.8 Å². The maximum absolute atomic E-state index is 13.7. The van der Waals surface area contributed by atoms with Crippen molar-refractivity contribution in [3.8, 4) is 11.1 Å². The molecule has 8 heteroatoms. The summed E-state index contributed by atoms with van der Waals surface area (Å²) in [5, 5.41) is 2.98. The van der Waals surface area contributed by atoms with Crippen LogP contribution in [0.3, 0.4) is 0 Å². The lowest BCUT2D eigenvalue weighted by Crippen LogP contribution is -2.25. The lowest BCUT2D eigenvalue weighted by molar-refractivity contribution is -0.110. The molecule has 41 heavy (non-hydrogen) atoms. The highest BCUT2D eigenvalue weighted by molar-refractivity contribution is 6.49. The number of halogens is 2. The number of nitrogens with zero attached hydrogens (tertiary/aromatic N) is 4. The Balaban J connectivity index is 1.19. The average molecular weight is 552 g/mol. The minimum atomic E-state index is -2.63. The van der Waals surface area contributed by atoms with Gasteiger partial charge in [-0.05, 0) is 59.4 Å². The summed E-state index contributed by atoms with van der Waals surface area (Å²) < 4.78 is 27.3. The summed E-state index contributed by atoms with van der Waals surface area (Å²) in [5.74, 6) is -2.90. The van der Waals surface area contributed by atoms with Crippen molar-refractivity contribution in [2.24, 2.45) is 4.99 Å². The first-order valence-corrected chi connectivity index (χ1v) is 13.9. The minimum Gasteiger partial charge on any atom is -0.319 e. The Bertz CT molecular complexity index is 1570. The van der Waals surface area contributed by atoms with Crippen LogP contribution in [0.25, 0.3) is 11.1 Å². The molecule has 208 valence electrons. The monoisotopic (exact) mass is 551 g/mol. The van der Waals surface area contributed by atoms with Gasteiger partial charge < -0.3 is 5.32 Å². The molecule has 0 atom stereocenters. The number of aliphatic imine (C=N–C) groups is 1. The molecule has 0 aliphatic carbocycles. The Kier molecular flexibility index (Phi) is 7.65. The number of amides is 1. The number of benzene rings is 2. The summed E-state index contributed by atoms with van der Waals surface area (Å²) >= 11 is 0. The lowest BCUT2D eigenvalue weighted by atomic mass is 9.94. The highest BCUT2D eigenvalue weighted by atomic mass is 19.3. The van der Waals surface area contributed by atoms with Crippen LogP contribution in [0.15, 0.2) is 90.3 Å². The molecule has 1 amide bonds. The van der Waals surface area contributed by atoms with Crippen LogP contribution in [0.5, 0.6) is 0 Å². The average Bonchev–Trinajstić information content (AvgIpc) is 3.18. The molecule has 2 aromatic carbocycles. The van der Waals surface area contributed by atoms with Gasteiger partial charge in [-0.25, -0.2) is 8.78 Å². The lowest BCUT2D eigenvalue weighted by Gasteiger charge is -2.16. The second-order valence-corrected chi connectivity index (χ2v) is 10.8. The molecule has 1 fully saturated rings. The van der Waals surface area contributed by atoms with Crippen LogP contribution in [-0.4, -0.2) is 52.0 Å². The van der Waals surface area contributed by atoms with E-state index in [9.17, 15) is 13.6 Å². The number of aryl methyl sites for hydroxylation is 1. The number of pyridine rings is 2. The second-order valence-electron chi connectivity index (χ2n) is 10.8. The van der Waals surface area contributed by atoms with Crippen molar-refractivity contribution in [1.82, 2.24) is 14.9 Å². The number of carbonyl (C=O) groups excluding carboxylic acids is 1. The third-order valence-electron chi connectivity index (χ3n) is 7.55. The third-order valence-corrected chi connectivity index (χ3v) is 7.55. The van der Waals surface area contributed by atoms with Gasteiger partial charge in [-0.1, -0.05) is 42.5 Å². The largest absolute Gasteiger partial charge is 0.319 e. The van der Waals surface area contributed by atoms with Crippen LogP contribution in [0.1, 0.15) is 40.8 Å². The van der Waals surface area contributed by atoms with Crippen molar-refractivity contribution in [2.45, 2.75) is 38.2 Å². The molecule has 1 saturated heterocycles. The number of alkyl halides is 2. The zero-order valence-corrected chi connectivity index (χ0v) is 22.7. The Hall–Kier alpha value is -4.30. The van der Waals surface area contributed by atoms with E-state index < -0.39 is 5.92 Å². The maximum Gasteiger partial charge on any atom is 0.274 e. The maximum atomic E-state index is 13.7. The number of nitrogens with one attached hydrogen (secondary N) is 1. The quantitative estimate of drug-likeness (QED) is 0.308. The van der Waals surface area contributed by atoms with Crippen molar-refractivity contribution in [2.75, 3.05) is 25.0 Å². The Labute approximate surface area is 238 Å². The van der Waals surface area contributed by atoms with Gasteiger partial charge >= 0.3 is 0 Å². The van der Waals surface area contributed by atoms with E-state index in [0.29, 0.717) is 31.0 Å². The zero-order chi connectivity index (χ0) is 28.2. The van der Waals surface area contributed by atoms with Crippen LogP contribution in [0.4, 0.5) is 14.5 Å². The molecule has 0 spiro atoms. The molecular weight excluding hydrogens is 520 g/mol. The summed E-state index contributed by atoms with van der Waals surface area (Å²) in [4.78, 5) is 28.8. The molecule has 0 saturated carbocycles. The van der Waals surface area contributed by atoms with E-state index in [4.69, 9.17) is 0 Å². The highest BCUT2D eigenvalue weighted by Gasteiger charge is 2.37. The highest BCUT2D eigenvalue weighted by Crippen LogP contribution is 2.29. The standard InChI is InChI=1S/C33H31F2N5O/c34-33(35)12-14-40(22-33)21-24-15-27(19-36-18-24)26-9-8-25-7-4-13-37-31(30(25)17-26)32(41)39-29-11-10-28(38-20-29)16-23-5-2-1-3-6-23/h1-3,5-6,8-11,15,17-20H,4,7,12-14,16,21-22H2,(H,39,41). The molecule has 1 N–H and O–H groups in total. The second kappa shape index (κ2) is 11.7. The van der Waals surface area contributed by atoms with Gasteiger partial charge in [0.05, 0.1) is 18.4 Å². The number of rotatable bonds is 7. The van der Waals surface area contributed by atoms with Gasteiger partial charge in [-0.2, -0.15) is 0 Å². The molecule has 2 aliphatic heterocycles. The minimum absolute atomic E-state index is 0.108. The van der Waals surface area contributed by atoms with E-state index >= 15 is 0 Å². The normalized spacial score (nSPS) is 16.5. The summed E-state index contributed by atoms with van der Waals surface area (Å²) in [7, 11) is 0. The SMILES string of the molecule is O=C(Nc1ccc(Cc2ccccc2)nc1)C1=NCCCc2ccc(-c3cncc(CN4CCC(F)(F)C4)c3)cc21. The van der Waals surface area contributed by atoms with Crippen LogP contribution in [0, 0.1) is 0 Å². The number of carbonyl (C=O) groups is 1. The van der Waals surface area contributed by atoms with Crippen molar-refractivity contribution in [3.05, 3.63) is 113 Å². The first-order chi connectivity index (χ1) is 19.9. The molecule has 6 rings (SSSR count). The predicted molar refractivity (Wildman–Crippen MR) is 156 cm³/mol. The van der Waals surface area contributed by atoms with Gasteiger partial charge in [0, 0.05) is 61.7 Å². The first-order valence-electron chi connectivity index (χ1n) is 13.9. The number of likely N-dealkylation sites (tertiary alicyclic amines) is 1. The third kappa shape index (κ3) is 6.55. The number of fused-ring (bicyclic) bond motifs is 1. The van der Waals surface area contributed by atoms with Crippen molar-refractivity contribution < 1.29 is 13.6 Å². The Morgan fingerprint density at radius 1 is 0.951 bits per heavy atom. The molecule has 0 unspecified atom stereocenters. The van der Waals surface area contributed by atoms with Gasteiger partial charge in [-0.15, -0.1) is 0 Å². The van der Waals surface area contributed by atoms with Crippen LogP contribution < -0.4 is 5.32 Å². The fourth-order valence-corrected chi connectivity index (χ4v) is 5.46. The summed E-state index contributed by atoms with van der Waals surface area (Å²) in [6, 6.07) is 22.0. The van der Waals surface area contributed by atoms with Crippen LogP contribution in [0.2, 0.25) is 0 Å². The Morgan fingerprint density at radius 2 is 1.83 bits per heavy atom. The van der Waals surface area contributed by atoms with Gasteiger partial charge in [-0.3, -0.25) is 24.7 Å². The Morgan fingerprint density at radius 3 is 2.61 bits per heavy atom. The van der Waals surface area contributed by atoms with Crippen molar-refractivity contribution in [1.29, 1.82) is 0 Å². The predicted octanol–water partition coefficient (Wildman–Crippen LogP) is 5.95. The van der Waals surface area contributed by atoms with Gasteiger partial charge in [0.1, 0.15) is 5.71 Å². The van der Waals surface area contributed by atoms with E-state index in [2.05, 4.69) is 32.4 Å². The van der Waals surface area contributed by atoms with Crippen LogP contribution in [-0.2, 0) is 24.2 Å². The summed E-state index contributed by atoms with van der Waals surface area (Å²) in [6.45, 7) is 1.14. The van der Waals surface area contributed by atoms with Gasteiger partial charge in [0.15, 0.2) is 0 Å². The molecular formula is C33H31F2N5O. The van der Waals surface area contributed by atoms with E-state index in [1.54, 1.807) is 23.5 Å². The van der Waals surface area contributed by atoms with Crippen molar-refractivity contribution in [3.63, 3.8) is 0 Å². The molecule has 0 radical (unpaired) electrons. The van der Waals surface area contributed by atoms with Gasteiger partial charge in [0.25, 0.3) is 11.8 Å². The van der Waals surface area contributed by atoms with E-state index in [1.165, 1.54) is 5.56 Å². The van der Waals surface area contributed by atoms with Gasteiger partial charge in [0.2, 0.25) is 0 Å². The summed E-state index contributed by atoms with van der Waals surface area (Å²) in [6.07, 6.45) is 7.46. The molecule has 4 heterocycles.